The van der Waals surface area contributed by atoms with Crippen LogP contribution in [0, 0.1) is 5.82 Å². The van der Waals surface area contributed by atoms with E-state index in [1.807, 2.05) is 6.92 Å². The molecule has 0 saturated heterocycles. The standard InChI is InChI=1S/C11H13ClFNO2/c1-2-3-16-7-11(15)14-10-5-8(12)4-9(13)6-10/h4-6H,2-3,7H2,1H3,(H,14,15). The summed E-state index contributed by atoms with van der Waals surface area (Å²) >= 11 is 5.64. The predicted octanol–water partition coefficient (Wildman–Crippen LogP) is 2.84. The molecule has 1 amide bonds. The van der Waals surface area contributed by atoms with Crippen molar-refractivity contribution >= 4 is 23.2 Å². The van der Waals surface area contributed by atoms with Gasteiger partial charge < -0.3 is 10.1 Å². The van der Waals surface area contributed by atoms with Crippen molar-refractivity contribution in [2.75, 3.05) is 18.5 Å². The van der Waals surface area contributed by atoms with Crippen molar-refractivity contribution in [3.8, 4) is 0 Å². The minimum absolute atomic E-state index is 0.0397. The molecule has 0 bridgehead atoms. The number of rotatable bonds is 5. The number of hydrogen-bond donors (Lipinski definition) is 1. The van der Waals surface area contributed by atoms with Crippen molar-refractivity contribution < 1.29 is 13.9 Å². The topological polar surface area (TPSA) is 38.3 Å². The normalized spacial score (nSPS) is 10.2. The molecule has 1 rings (SSSR count). The first-order chi connectivity index (χ1) is 7.61. The highest BCUT2D eigenvalue weighted by atomic mass is 35.5. The van der Waals surface area contributed by atoms with Crippen LogP contribution in [-0.4, -0.2) is 19.1 Å². The van der Waals surface area contributed by atoms with Gasteiger partial charge in [0.25, 0.3) is 0 Å². The molecular weight excluding hydrogens is 233 g/mol. The van der Waals surface area contributed by atoms with Gasteiger partial charge in [0, 0.05) is 17.3 Å². The van der Waals surface area contributed by atoms with Crippen LogP contribution >= 0.6 is 11.6 Å². The monoisotopic (exact) mass is 245 g/mol. The molecule has 0 aliphatic heterocycles. The van der Waals surface area contributed by atoms with Crippen LogP contribution in [0.3, 0.4) is 0 Å². The zero-order chi connectivity index (χ0) is 12.0. The summed E-state index contributed by atoms with van der Waals surface area (Å²) in [6.07, 6.45) is 0.846. The number of anilines is 1. The predicted molar refractivity (Wildman–Crippen MR) is 61.1 cm³/mol. The molecule has 16 heavy (non-hydrogen) atoms. The lowest BCUT2D eigenvalue weighted by atomic mass is 10.3. The van der Waals surface area contributed by atoms with Gasteiger partial charge in [-0.1, -0.05) is 18.5 Å². The average Bonchev–Trinajstić information content (AvgIpc) is 2.16. The summed E-state index contributed by atoms with van der Waals surface area (Å²) < 4.78 is 18.0. The van der Waals surface area contributed by atoms with Gasteiger partial charge in [-0.25, -0.2) is 4.39 Å². The minimum atomic E-state index is -0.489. The van der Waals surface area contributed by atoms with Gasteiger partial charge in [-0.15, -0.1) is 0 Å². The smallest absolute Gasteiger partial charge is 0.250 e. The SMILES string of the molecule is CCCOCC(=O)Nc1cc(F)cc(Cl)c1. The number of ether oxygens (including phenoxy) is 1. The summed E-state index contributed by atoms with van der Waals surface area (Å²) in [6, 6.07) is 3.84. The molecule has 3 nitrogen and oxygen atoms in total. The molecule has 0 saturated carbocycles. The molecule has 0 aromatic heterocycles. The number of halogens is 2. The summed E-state index contributed by atoms with van der Waals surface area (Å²) in [5.41, 5.74) is 0.329. The lowest BCUT2D eigenvalue weighted by Gasteiger charge is -2.06. The van der Waals surface area contributed by atoms with Crippen LogP contribution in [0.4, 0.5) is 10.1 Å². The van der Waals surface area contributed by atoms with Gasteiger partial charge in [0.1, 0.15) is 12.4 Å². The van der Waals surface area contributed by atoms with E-state index in [1.54, 1.807) is 0 Å². The van der Waals surface area contributed by atoms with E-state index in [-0.39, 0.29) is 17.5 Å². The van der Waals surface area contributed by atoms with Gasteiger partial charge in [0.05, 0.1) is 0 Å². The zero-order valence-corrected chi connectivity index (χ0v) is 9.68. The maximum absolute atomic E-state index is 12.9. The first-order valence-electron chi connectivity index (χ1n) is 4.95. The van der Waals surface area contributed by atoms with Gasteiger partial charge in [0.2, 0.25) is 5.91 Å². The molecule has 0 unspecified atom stereocenters. The van der Waals surface area contributed by atoms with E-state index >= 15 is 0 Å². The molecule has 1 N–H and O–H groups in total. The summed E-state index contributed by atoms with van der Waals surface area (Å²) in [4.78, 5) is 11.3. The van der Waals surface area contributed by atoms with E-state index in [1.165, 1.54) is 18.2 Å². The van der Waals surface area contributed by atoms with Gasteiger partial charge >= 0.3 is 0 Å². The third kappa shape index (κ3) is 4.59. The number of benzene rings is 1. The molecule has 0 spiro atoms. The van der Waals surface area contributed by atoms with E-state index in [0.29, 0.717) is 12.3 Å². The largest absolute Gasteiger partial charge is 0.372 e. The Morgan fingerprint density at radius 2 is 2.25 bits per heavy atom. The number of amides is 1. The average molecular weight is 246 g/mol. The van der Waals surface area contributed by atoms with E-state index < -0.39 is 5.82 Å². The molecule has 0 atom stereocenters. The van der Waals surface area contributed by atoms with Crippen molar-refractivity contribution in [2.45, 2.75) is 13.3 Å². The third-order valence-corrected chi connectivity index (χ3v) is 1.95. The molecule has 1 aromatic rings. The number of nitrogens with one attached hydrogen (secondary N) is 1. The molecule has 1 aromatic carbocycles. The van der Waals surface area contributed by atoms with E-state index in [4.69, 9.17) is 16.3 Å². The molecule has 0 aliphatic carbocycles. The Labute approximate surface area is 98.5 Å². The van der Waals surface area contributed by atoms with Crippen molar-refractivity contribution in [1.29, 1.82) is 0 Å². The Morgan fingerprint density at radius 3 is 2.88 bits per heavy atom. The number of hydrogen-bond acceptors (Lipinski definition) is 2. The van der Waals surface area contributed by atoms with Gasteiger partial charge in [0.15, 0.2) is 0 Å². The summed E-state index contributed by atoms with van der Waals surface area (Å²) in [5.74, 6) is -0.813. The zero-order valence-electron chi connectivity index (χ0n) is 8.93. The van der Waals surface area contributed by atoms with Crippen molar-refractivity contribution in [3.05, 3.63) is 29.0 Å². The van der Waals surface area contributed by atoms with E-state index in [2.05, 4.69) is 5.32 Å². The highest BCUT2D eigenvalue weighted by molar-refractivity contribution is 6.30. The van der Waals surface area contributed by atoms with Crippen LogP contribution < -0.4 is 5.32 Å². The summed E-state index contributed by atoms with van der Waals surface area (Å²) in [7, 11) is 0. The highest BCUT2D eigenvalue weighted by Gasteiger charge is 2.04. The molecule has 0 heterocycles. The number of carbonyl (C=O) groups excluding carboxylic acids is 1. The van der Waals surface area contributed by atoms with Gasteiger partial charge in [-0.05, 0) is 24.6 Å². The Hall–Kier alpha value is -1.13. The third-order valence-electron chi connectivity index (χ3n) is 1.73. The number of carbonyl (C=O) groups is 1. The second-order valence-corrected chi connectivity index (χ2v) is 3.70. The Bertz CT molecular complexity index is 351. The second-order valence-electron chi connectivity index (χ2n) is 3.26. The maximum Gasteiger partial charge on any atom is 0.250 e. The van der Waals surface area contributed by atoms with Crippen LogP contribution in [0.15, 0.2) is 18.2 Å². The lowest BCUT2D eigenvalue weighted by molar-refractivity contribution is -0.120. The van der Waals surface area contributed by atoms with Crippen LogP contribution in [0.2, 0.25) is 5.02 Å². The molecule has 0 fully saturated rings. The van der Waals surface area contributed by atoms with Crippen molar-refractivity contribution in [1.82, 2.24) is 0 Å². The molecule has 0 aliphatic rings. The molecule has 5 heteroatoms. The Balaban J connectivity index is 2.49. The van der Waals surface area contributed by atoms with E-state index in [9.17, 15) is 9.18 Å². The minimum Gasteiger partial charge on any atom is -0.372 e. The maximum atomic E-state index is 12.9. The van der Waals surface area contributed by atoms with Crippen LogP contribution in [0.5, 0.6) is 0 Å². The first-order valence-corrected chi connectivity index (χ1v) is 5.33. The summed E-state index contributed by atoms with van der Waals surface area (Å²) in [5, 5.41) is 2.73. The molecule has 0 radical (unpaired) electrons. The van der Waals surface area contributed by atoms with Crippen molar-refractivity contribution in [2.24, 2.45) is 0 Å². The Morgan fingerprint density at radius 1 is 1.50 bits per heavy atom. The fourth-order valence-electron chi connectivity index (χ4n) is 1.13. The second kappa shape index (κ2) is 6.45. The first kappa shape index (κ1) is 12.9. The van der Waals surface area contributed by atoms with Crippen LogP contribution in [0.1, 0.15) is 13.3 Å². The quantitative estimate of drug-likeness (QED) is 0.810. The van der Waals surface area contributed by atoms with E-state index in [0.717, 1.165) is 6.42 Å². The highest BCUT2D eigenvalue weighted by Crippen LogP contribution is 2.17. The molecule has 88 valence electrons. The van der Waals surface area contributed by atoms with Crippen molar-refractivity contribution in [3.63, 3.8) is 0 Å². The van der Waals surface area contributed by atoms with Gasteiger partial charge in [-0.2, -0.15) is 0 Å². The fraction of sp³-hybridized carbons (Fsp3) is 0.364. The summed E-state index contributed by atoms with van der Waals surface area (Å²) in [6.45, 7) is 2.43. The fourth-order valence-corrected chi connectivity index (χ4v) is 1.35. The molecular formula is C11H13ClFNO2. The Kier molecular flexibility index (Phi) is 5.22. The van der Waals surface area contributed by atoms with Gasteiger partial charge in [-0.3, -0.25) is 4.79 Å². The van der Waals surface area contributed by atoms with Crippen LogP contribution in [0.25, 0.3) is 0 Å². The lowest BCUT2D eigenvalue weighted by Crippen LogP contribution is -2.18. The van der Waals surface area contributed by atoms with Crippen LogP contribution in [-0.2, 0) is 9.53 Å².